The lowest BCUT2D eigenvalue weighted by Crippen LogP contribution is -2.23. The second-order valence-electron chi connectivity index (χ2n) is 5.41. The van der Waals surface area contributed by atoms with Crippen molar-refractivity contribution in [2.24, 2.45) is 0 Å². The zero-order chi connectivity index (χ0) is 14.7. The number of hydrogen-bond acceptors (Lipinski definition) is 3. The van der Waals surface area contributed by atoms with E-state index in [0.717, 1.165) is 43.3 Å². The Hall–Kier alpha value is -2.14. The Labute approximate surface area is 124 Å². The topological polar surface area (TPSA) is 61.0 Å². The lowest BCUT2D eigenvalue weighted by molar-refractivity contribution is -0.117. The number of nitrogens with one attached hydrogen (secondary N) is 2. The molecule has 1 fully saturated rings. The highest BCUT2D eigenvalue weighted by Gasteiger charge is 2.21. The fraction of sp³-hybridized carbons (Fsp3) is 0.375. The number of anilines is 1. The highest BCUT2D eigenvalue weighted by atomic mass is 16.2. The SMILES string of the molecule is Cc1ncc(CNCc2ccc(N3CCCC3=O)cc2)[nH]1. The summed E-state index contributed by atoms with van der Waals surface area (Å²) in [6.07, 6.45) is 3.49. The van der Waals surface area contributed by atoms with E-state index in [0.29, 0.717) is 6.42 Å². The number of benzene rings is 1. The molecular formula is C16H20N4O. The first-order chi connectivity index (χ1) is 10.2. The lowest BCUT2D eigenvalue weighted by atomic mass is 10.2. The van der Waals surface area contributed by atoms with E-state index in [1.807, 2.05) is 30.2 Å². The zero-order valence-electron chi connectivity index (χ0n) is 12.2. The minimum atomic E-state index is 0.232. The zero-order valence-corrected chi connectivity index (χ0v) is 12.2. The van der Waals surface area contributed by atoms with Crippen LogP contribution in [0.3, 0.4) is 0 Å². The molecule has 0 atom stereocenters. The Kier molecular flexibility index (Phi) is 4.01. The summed E-state index contributed by atoms with van der Waals surface area (Å²) in [7, 11) is 0. The van der Waals surface area contributed by atoms with Crippen LogP contribution in [-0.4, -0.2) is 22.4 Å². The van der Waals surface area contributed by atoms with Crippen LogP contribution in [0.25, 0.3) is 0 Å². The Balaban J connectivity index is 1.53. The number of aryl methyl sites for hydroxylation is 1. The van der Waals surface area contributed by atoms with Crippen molar-refractivity contribution < 1.29 is 4.79 Å². The van der Waals surface area contributed by atoms with Crippen molar-refractivity contribution in [3.63, 3.8) is 0 Å². The molecule has 0 bridgehead atoms. The molecule has 0 aliphatic carbocycles. The van der Waals surface area contributed by atoms with Crippen molar-refractivity contribution in [2.45, 2.75) is 32.9 Å². The number of H-pyrrole nitrogens is 1. The molecule has 21 heavy (non-hydrogen) atoms. The summed E-state index contributed by atoms with van der Waals surface area (Å²) in [5, 5.41) is 3.38. The van der Waals surface area contributed by atoms with Gasteiger partial charge in [-0.05, 0) is 31.0 Å². The van der Waals surface area contributed by atoms with Gasteiger partial charge in [0.05, 0.1) is 0 Å². The van der Waals surface area contributed by atoms with Gasteiger partial charge in [-0.15, -0.1) is 0 Å². The molecular weight excluding hydrogens is 264 g/mol. The number of carbonyl (C=O) groups excluding carboxylic acids is 1. The van der Waals surface area contributed by atoms with Crippen LogP contribution in [0.4, 0.5) is 5.69 Å². The number of imidazole rings is 1. The number of nitrogens with zero attached hydrogens (tertiary/aromatic N) is 2. The van der Waals surface area contributed by atoms with Crippen LogP contribution in [0.1, 0.15) is 29.9 Å². The van der Waals surface area contributed by atoms with E-state index >= 15 is 0 Å². The van der Waals surface area contributed by atoms with Crippen molar-refractivity contribution in [3.8, 4) is 0 Å². The Morgan fingerprint density at radius 3 is 2.71 bits per heavy atom. The first-order valence-corrected chi connectivity index (χ1v) is 7.33. The molecule has 2 N–H and O–H groups in total. The molecule has 1 amide bonds. The maximum atomic E-state index is 11.7. The first kappa shape index (κ1) is 13.8. The number of carbonyl (C=O) groups is 1. The summed E-state index contributed by atoms with van der Waals surface area (Å²) in [5.74, 6) is 1.17. The maximum Gasteiger partial charge on any atom is 0.227 e. The van der Waals surface area contributed by atoms with Crippen LogP contribution in [0.5, 0.6) is 0 Å². The van der Waals surface area contributed by atoms with Gasteiger partial charge in [-0.1, -0.05) is 12.1 Å². The van der Waals surface area contributed by atoms with Gasteiger partial charge in [-0.2, -0.15) is 0 Å². The molecule has 1 aromatic carbocycles. The van der Waals surface area contributed by atoms with Gasteiger partial charge in [0.25, 0.3) is 0 Å². The van der Waals surface area contributed by atoms with Gasteiger partial charge in [0.2, 0.25) is 5.91 Å². The highest BCUT2D eigenvalue weighted by molar-refractivity contribution is 5.95. The van der Waals surface area contributed by atoms with Crippen LogP contribution >= 0.6 is 0 Å². The molecule has 5 heteroatoms. The van der Waals surface area contributed by atoms with Crippen LogP contribution in [0, 0.1) is 6.92 Å². The quantitative estimate of drug-likeness (QED) is 0.884. The standard InChI is InChI=1S/C16H20N4O/c1-12-18-11-14(19-12)10-17-9-13-4-6-15(7-5-13)20-8-2-3-16(20)21/h4-7,11,17H,2-3,8-10H2,1H3,(H,18,19). The average Bonchev–Trinajstić information content (AvgIpc) is 3.09. The number of amides is 1. The molecule has 5 nitrogen and oxygen atoms in total. The molecule has 1 saturated heterocycles. The van der Waals surface area contributed by atoms with Crippen molar-refractivity contribution >= 4 is 11.6 Å². The van der Waals surface area contributed by atoms with Gasteiger partial charge in [-0.25, -0.2) is 4.98 Å². The molecule has 0 unspecified atom stereocenters. The van der Waals surface area contributed by atoms with E-state index in [1.165, 1.54) is 5.56 Å². The van der Waals surface area contributed by atoms with Crippen molar-refractivity contribution in [1.29, 1.82) is 0 Å². The van der Waals surface area contributed by atoms with Gasteiger partial charge in [0.1, 0.15) is 5.82 Å². The molecule has 2 heterocycles. The van der Waals surface area contributed by atoms with Crippen molar-refractivity contribution in [1.82, 2.24) is 15.3 Å². The van der Waals surface area contributed by atoms with Gasteiger partial charge in [0.15, 0.2) is 0 Å². The van der Waals surface area contributed by atoms with Gasteiger partial charge in [0, 0.05) is 43.6 Å². The van der Waals surface area contributed by atoms with Gasteiger partial charge < -0.3 is 15.2 Å². The summed E-state index contributed by atoms with van der Waals surface area (Å²) in [4.78, 5) is 20.9. The van der Waals surface area contributed by atoms with E-state index in [4.69, 9.17) is 0 Å². The summed E-state index contributed by atoms with van der Waals surface area (Å²) in [6.45, 7) is 4.36. The smallest absolute Gasteiger partial charge is 0.227 e. The highest BCUT2D eigenvalue weighted by Crippen LogP contribution is 2.21. The van der Waals surface area contributed by atoms with Crippen LogP contribution in [0.2, 0.25) is 0 Å². The molecule has 3 rings (SSSR count). The minimum absolute atomic E-state index is 0.232. The van der Waals surface area contributed by atoms with Crippen molar-refractivity contribution in [2.75, 3.05) is 11.4 Å². The van der Waals surface area contributed by atoms with E-state index < -0.39 is 0 Å². The summed E-state index contributed by atoms with van der Waals surface area (Å²) in [5.41, 5.74) is 3.30. The van der Waals surface area contributed by atoms with Gasteiger partial charge in [-0.3, -0.25) is 4.79 Å². The second-order valence-corrected chi connectivity index (χ2v) is 5.41. The molecule has 1 aromatic heterocycles. The molecule has 1 aliphatic rings. The predicted molar refractivity (Wildman–Crippen MR) is 81.9 cm³/mol. The first-order valence-electron chi connectivity index (χ1n) is 7.33. The molecule has 0 saturated carbocycles. The molecule has 0 spiro atoms. The molecule has 2 aromatic rings. The minimum Gasteiger partial charge on any atom is -0.345 e. The average molecular weight is 284 g/mol. The van der Waals surface area contributed by atoms with E-state index in [2.05, 4.69) is 27.4 Å². The Morgan fingerprint density at radius 2 is 2.10 bits per heavy atom. The molecule has 0 radical (unpaired) electrons. The summed E-state index contributed by atoms with van der Waals surface area (Å²) >= 11 is 0. The molecule has 1 aliphatic heterocycles. The maximum absolute atomic E-state index is 11.7. The van der Waals surface area contributed by atoms with Crippen molar-refractivity contribution in [3.05, 3.63) is 47.5 Å². The van der Waals surface area contributed by atoms with Gasteiger partial charge >= 0.3 is 0 Å². The summed E-state index contributed by atoms with van der Waals surface area (Å²) in [6, 6.07) is 8.21. The van der Waals surface area contributed by atoms with Crippen LogP contribution in [0.15, 0.2) is 30.5 Å². The van der Waals surface area contributed by atoms with E-state index in [-0.39, 0.29) is 5.91 Å². The predicted octanol–water partition coefficient (Wildman–Crippen LogP) is 2.13. The third kappa shape index (κ3) is 3.31. The number of rotatable bonds is 5. The fourth-order valence-corrected chi connectivity index (χ4v) is 2.62. The summed E-state index contributed by atoms with van der Waals surface area (Å²) < 4.78 is 0. The largest absolute Gasteiger partial charge is 0.345 e. The third-order valence-electron chi connectivity index (χ3n) is 3.72. The van der Waals surface area contributed by atoms with E-state index in [9.17, 15) is 4.79 Å². The molecule has 110 valence electrons. The number of aromatic nitrogens is 2. The fourth-order valence-electron chi connectivity index (χ4n) is 2.62. The Morgan fingerprint density at radius 1 is 1.29 bits per heavy atom. The van der Waals surface area contributed by atoms with Crippen LogP contribution in [-0.2, 0) is 17.9 Å². The lowest BCUT2D eigenvalue weighted by Gasteiger charge is -2.16. The second kappa shape index (κ2) is 6.10. The normalized spacial score (nSPS) is 14.9. The monoisotopic (exact) mass is 284 g/mol. The van der Waals surface area contributed by atoms with Crippen LogP contribution < -0.4 is 10.2 Å². The van der Waals surface area contributed by atoms with E-state index in [1.54, 1.807) is 0 Å². The number of hydrogen-bond donors (Lipinski definition) is 2. The Bertz CT molecular complexity index is 617. The third-order valence-corrected chi connectivity index (χ3v) is 3.72. The number of aromatic amines is 1.